The van der Waals surface area contributed by atoms with E-state index < -0.39 is 11.8 Å². The fourth-order valence-electron chi connectivity index (χ4n) is 0.902. The van der Waals surface area contributed by atoms with Crippen molar-refractivity contribution < 1.29 is 14.3 Å². The van der Waals surface area contributed by atoms with Gasteiger partial charge in [-0.25, -0.2) is 4.39 Å². The molecule has 12 heavy (non-hydrogen) atoms. The van der Waals surface area contributed by atoms with Crippen LogP contribution in [-0.4, -0.2) is 20.9 Å². The smallest absolute Gasteiger partial charge is 0.305 e. The molecule has 4 nitrogen and oxygen atoms in total. The second-order valence-corrected chi connectivity index (χ2v) is 2.59. The molecule has 0 saturated carbocycles. The van der Waals surface area contributed by atoms with Crippen LogP contribution >= 0.6 is 0 Å². The average molecular weight is 172 g/mol. The molecular weight excluding hydrogens is 163 g/mol. The lowest BCUT2D eigenvalue weighted by Gasteiger charge is -2.07. The van der Waals surface area contributed by atoms with Crippen LogP contribution in [-0.2, 0) is 4.79 Å². The fraction of sp³-hybridized carbons (Fsp3) is 0.429. The largest absolute Gasteiger partial charge is 0.481 e. The van der Waals surface area contributed by atoms with Crippen LogP contribution in [0.3, 0.4) is 0 Å². The molecule has 0 aromatic carbocycles. The van der Waals surface area contributed by atoms with Gasteiger partial charge in [-0.3, -0.25) is 9.48 Å². The number of carboxylic acids is 1. The van der Waals surface area contributed by atoms with Crippen LogP contribution < -0.4 is 0 Å². The minimum absolute atomic E-state index is 0.0544. The van der Waals surface area contributed by atoms with Crippen molar-refractivity contribution in [2.24, 2.45) is 0 Å². The molecule has 0 bridgehead atoms. The molecule has 0 fully saturated rings. The lowest BCUT2D eigenvalue weighted by Crippen LogP contribution is -2.10. The van der Waals surface area contributed by atoms with Gasteiger partial charge in [-0.2, -0.15) is 5.10 Å². The highest BCUT2D eigenvalue weighted by Crippen LogP contribution is 2.09. The molecule has 1 atom stereocenters. The van der Waals surface area contributed by atoms with Crippen molar-refractivity contribution in [1.82, 2.24) is 9.78 Å². The maximum atomic E-state index is 12.4. The van der Waals surface area contributed by atoms with Gasteiger partial charge in [0.2, 0.25) is 0 Å². The van der Waals surface area contributed by atoms with Crippen LogP contribution in [0.25, 0.3) is 0 Å². The number of aromatic nitrogens is 2. The van der Waals surface area contributed by atoms with E-state index in [9.17, 15) is 9.18 Å². The van der Waals surface area contributed by atoms with Crippen LogP contribution in [0, 0.1) is 5.82 Å². The number of aliphatic carboxylic acids is 1. The third kappa shape index (κ3) is 2.05. The Morgan fingerprint density at radius 3 is 3.00 bits per heavy atom. The molecule has 0 aliphatic carbocycles. The Balaban J connectivity index is 2.64. The number of nitrogens with zero attached hydrogens (tertiary/aromatic N) is 2. The van der Waals surface area contributed by atoms with Crippen LogP contribution in [0.2, 0.25) is 0 Å². The molecule has 66 valence electrons. The van der Waals surface area contributed by atoms with Crippen molar-refractivity contribution in [2.45, 2.75) is 19.4 Å². The molecule has 0 aliphatic heterocycles. The second kappa shape index (κ2) is 3.34. The molecule has 1 heterocycles. The first-order chi connectivity index (χ1) is 5.59. The minimum atomic E-state index is -0.918. The summed E-state index contributed by atoms with van der Waals surface area (Å²) < 4.78 is 13.7. The molecule has 0 saturated heterocycles. The van der Waals surface area contributed by atoms with Crippen molar-refractivity contribution >= 4 is 5.97 Å². The van der Waals surface area contributed by atoms with Gasteiger partial charge in [-0.05, 0) is 6.92 Å². The predicted molar refractivity (Wildman–Crippen MR) is 39.1 cm³/mol. The second-order valence-electron chi connectivity index (χ2n) is 2.59. The molecule has 0 spiro atoms. The van der Waals surface area contributed by atoms with Gasteiger partial charge in [0.05, 0.1) is 24.9 Å². The zero-order chi connectivity index (χ0) is 9.14. The molecule has 0 radical (unpaired) electrons. The first-order valence-corrected chi connectivity index (χ1v) is 3.51. The number of carbonyl (C=O) groups is 1. The van der Waals surface area contributed by atoms with E-state index in [1.807, 2.05) is 0 Å². The van der Waals surface area contributed by atoms with Crippen molar-refractivity contribution in [1.29, 1.82) is 0 Å². The SMILES string of the molecule is CC(CC(=O)O)n1cc(F)cn1. The Labute approximate surface area is 68.6 Å². The van der Waals surface area contributed by atoms with Gasteiger partial charge in [0, 0.05) is 0 Å². The Morgan fingerprint density at radius 1 is 1.92 bits per heavy atom. The Bertz CT molecular complexity index is 285. The number of hydrogen-bond acceptors (Lipinski definition) is 2. The van der Waals surface area contributed by atoms with Crippen LogP contribution in [0.1, 0.15) is 19.4 Å². The summed E-state index contributed by atoms with van der Waals surface area (Å²) in [5, 5.41) is 12.1. The first kappa shape index (κ1) is 8.70. The third-order valence-corrected chi connectivity index (χ3v) is 1.49. The molecule has 1 aromatic rings. The Kier molecular flexibility index (Phi) is 2.42. The highest BCUT2D eigenvalue weighted by molar-refractivity contribution is 5.67. The molecule has 1 rings (SSSR count). The molecule has 0 aliphatic rings. The lowest BCUT2D eigenvalue weighted by molar-refractivity contribution is -0.137. The van der Waals surface area contributed by atoms with Crippen LogP contribution in [0.4, 0.5) is 4.39 Å². The molecule has 0 amide bonds. The third-order valence-electron chi connectivity index (χ3n) is 1.49. The van der Waals surface area contributed by atoms with Crippen molar-refractivity contribution in [2.75, 3.05) is 0 Å². The van der Waals surface area contributed by atoms with Crippen molar-refractivity contribution in [3.63, 3.8) is 0 Å². The Hall–Kier alpha value is -1.39. The summed E-state index contributed by atoms with van der Waals surface area (Å²) >= 11 is 0. The molecule has 1 aromatic heterocycles. The van der Waals surface area contributed by atoms with Gasteiger partial charge in [0.1, 0.15) is 0 Å². The van der Waals surface area contributed by atoms with Crippen molar-refractivity contribution in [3.05, 3.63) is 18.2 Å². The maximum absolute atomic E-state index is 12.4. The molecular formula is C7H9FN2O2. The van der Waals surface area contributed by atoms with E-state index in [4.69, 9.17) is 5.11 Å². The first-order valence-electron chi connectivity index (χ1n) is 3.51. The quantitative estimate of drug-likeness (QED) is 0.741. The lowest BCUT2D eigenvalue weighted by atomic mass is 10.2. The van der Waals surface area contributed by atoms with Crippen molar-refractivity contribution in [3.8, 4) is 0 Å². The van der Waals surface area contributed by atoms with Gasteiger partial charge >= 0.3 is 5.97 Å². The average Bonchev–Trinajstić information content (AvgIpc) is 2.34. The summed E-state index contributed by atoms with van der Waals surface area (Å²) in [6.07, 6.45) is 2.17. The molecule has 1 N–H and O–H groups in total. The number of hydrogen-bond donors (Lipinski definition) is 1. The van der Waals surface area contributed by atoms with Crippen LogP contribution in [0.5, 0.6) is 0 Å². The maximum Gasteiger partial charge on any atom is 0.305 e. The van der Waals surface area contributed by atoms with Gasteiger partial charge in [0.15, 0.2) is 5.82 Å². The number of halogens is 1. The normalized spacial score (nSPS) is 12.8. The van der Waals surface area contributed by atoms with E-state index in [-0.39, 0.29) is 12.5 Å². The topological polar surface area (TPSA) is 55.1 Å². The van der Waals surface area contributed by atoms with Gasteiger partial charge in [-0.15, -0.1) is 0 Å². The Morgan fingerprint density at radius 2 is 2.58 bits per heavy atom. The summed E-state index contributed by atoms with van der Waals surface area (Å²) in [7, 11) is 0. The van der Waals surface area contributed by atoms with E-state index in [2.05, 4.69) is 5.10 Å². The van der Waals surface area contributed by atoms with E-state index >= 15 is 0 Å². The predicted octanol–water partition coefficient (Wildman–Crippen LogP) is 1.06. The minimum Gasteiger partial charge on any atom is -0.481 e. The summed E-state index contributed by atoms with van der Waals surface area (Å²) in [5.41, 5.74) is 0. The zero-order valence-corrected chi connectivity index (χ0v) is 6.57. The molecule has 1 unspecified atom stereocenters. The highest BCUT2D eigenvalue weighted by Gasteiger charge is 2.10. The van der Waals surface area contributed by atoms with E-state index in [1.54, 1.807) is 6.92 Å². The summed E-state index contributed by atoms with van der Waals surface area (Å²) in [6, 6.07) is -0.313. The summed E-state index contributed by atoms with van der Waals surface area (Å²) in [5.74, 6) is -1.37. The van der Waals surface area contributed by atoms with Gasteiger partial charge in [-0.1, -0.05) is 0 Å². The summed E-state index contributed by atoms with van der Waals surface area (Å²) in [6.45, 7) is 1.67. The monoisotopic (exact) mass is 172 g/mol. The van der Waals surface area contributed by atoms with E-state index in [0.29, 0.717) is 0 Å². The summed E-state index contributed by atoms with van der Waals surface area (Å²) in [4.78, 5) is 10.3. The van der Waals surface area contributed by atoms with Gasteiger partial charge < -0.3 is 5.11 Å². The van der Waals surface area contributed by atoms with Gasteiger partial charge in [0.25, 0.3) is 0 Å². The van der Waals surface area contributed by atoms with E-state index in [1.165, 1.54) is 10.9 Å². The van der Waals surface area contributed by atoms with E-state index in [0.717, 1.165) is 6.20 Å². The zero-order valence-electron chi connectivity index (χ0n) is 6.57. The van der Waals surface area contributed by atoms with Crippen LogP contribution in [0.15, 0.2) is 12.4 Å². The standard InChI is InChI=1S/C7H9FN2O2/c1-5(2-7(11)12)10-4-6(8)3-9-10/h3-5H,2H2,1H3,(H,11,12). The number of carboxylic acid groups (broad SMARTS) is 1. The highest BCUT2D eigenvalue weighted by atomic mass is 19.1. The number of rotatable bonds is 3. The molecule has 5 heteroatoms. The fourth-order valence-corrected chi connectivity index (χ4v) is 0.902.